The minimum Gasteiger partial charge on any atom is -0.480 e. The van der Waals surface area contributed by atoms with Gasteiger partial charge in [-0.15, -0.1) is 11.8 Å². The fourth-order valence-corrected chi connectivity index (χ4v) is 2.25. The van der Waals surface area contributed by atoms with Crippen LogP contribution >= 0.6 is 11.8 Å². The Balaban J connectivity index is 2.24. The van der Waals surface area contributed by atoms with E-state index >= 15 is 0 Å². The van der Waals surface area contributed by atoms with Crippen LogP contribution in [0.3, 0.4) is 0 Å². The van der Waals surface area contributed by atoms with Crippen molar-refractivity contribution in [3.63, 3.8) is 0 Å². The van der Waals surface area contributed by atoms with Crippen molar-refractivity contribution in [1.82, 2.24) is 0 Å². The van der Waals surface area contributed by atoms with Crippen LogP contribution in [0, 0.1) is 0 Å². The zero-order chi connectivity index (χ0) is 9.26. The number of aliphatic carboxylic acids is 1. The number of hydrogen-bond donors (Lipinski definition) is 2. The molecule has 1 aliphatic rings. The minimum absolute atomic E-state index is 0.366. The van der Waals surface area contributed by atoms with Gasteiger partial charge in [0.1, 0.15) is 5.25 Å². The molecular formula is C9H9NO2S. The Labute approximate surface area is 80.1 Å². The summed E-state index contributed by atoms with van der Waals surface area (Å²) < 4.78 is 0. The van der Waals surface area contributed by atoms with Crippen LogP contribution in [0.15, 0.2) is 29.2 Å². The Morgan fingerprint density at radius 1 is 1.54 bits per heavy atom. The molecule has 0 spiro atoms. The molecule has 2 N–H and O–H groups in total. The molecule has 13 heavy (non-hydrogen) atoms. The lowest BCUT2D eigenvalue weighted by molar-refractivity contribution is -0.136. The van der Waals surface area contributed by atoms with Gasteiger partial charge in [0.05, 0.1) is 0 Å². The second kappa shape index (κ2) is 3.30. The van der Waals surface area contributed by atoms with Gasteiger partial charge in [0.25, 0.3) is 0 Å². The molecule has 68 valence electrons. The number of fused-ring (bicyclic) bond motifs is 1. The van der Waals surface area contributed by atoms with E-state index in [1.807, 2.05) is 24.3 Å². The number of thioether (sulfide) groups is 1. The maximum absolute atomic E-state index is 10.7. The van der Waals surface area contributed by atoms with E-state index in [2.05, 4.69) is 5.32 Å². The van der Waals surface area contributed by atoms with Crippen molar-refractivity contribution in [2.45, 2.75) is 10.1 Å². The molecule has 0 unspecified atom stereocenters. The Bertz CT molecular complexity index is 340. The van der Waals surface area contributed by atoms with E-state index in [1.54, 1.807) is 0 Å². The summed E-state index contributed by atoms with van der Waals surface area (Å²) in [5.41, 5.74) is 1.03. The van der Waals surface area contributed by atoms with Gasteiger partial charge >= 0.3 is 5.97 Å². The first-order chi connectivity index (χ1) is 6.27. The highest BCUT2D eigenvalue weighted by atomic mass is 32.2. The third-order valence-corrected chi connectivity index (χ3v) is 3.17. The number of benzene rings is 1. The predicted molar refractivity (Wildman–Crippen MR) is 52.2 cm³/mol. The molecule has 0 radical (unpaired) electrons. The number of hydrogen-bond acceptors (Lipinski definition) is 3. The van der Waals surface area contributed by atoms with Gasteiger partial charge in [-0.2, -0.15) is 0 Å². The summed E-state index contributed by atoms with van der Waals surface area (Å²) in [6, 6.07) is 7.74. The summed E-state index contributed by atoms with van der Waals surface area (Å²) in [6.45, 7) is 0.497. The molecule has 1 aliphatic heterocycles. The number of para-hydroxylation sites is 1. The molecule has 0 saturated carbocycles. The Morgan fingerprint density at radius 2 is 2.31 bits per heavy atom. The number of carbonyl (C=O) groups is 1. The summed E-state index contributed by atoms with van der Waals surface area (Å²) in [4.78, 5) is 11.7. The Hall–Kier alpha value is -1.16. The topological polar surface area (TPSA) is 49.3 Å². The summed E-state index contributed by atoms with van der Waals surface area (Å²) in [5.74, 6) is -0.757. The number of rotatable bonds is 1. The van der Waals surface area contributed by atoms with Gasteiger partial charge in [-0.1, -0.05) is 12.1 Å². The first kappa shape index (κ1) is 8.44. The van der Waals surface area contributed by atoms with Crippen LogP contribution in [0.2, 0.25) is 0 Å². The largest absolute Gasteiger partial charge is 0.480 e. The van der Waals surface area contributed by atoms with Crippen LogP contribution in [0.4, 0.5) is 5.69 Å². The normalized spacial score (nSPS) is 20.2. The highest BCUT2D eigenvalue weighted by Gasteiger charge is 2.23. The fraction of sp³-hybridized carbons (Fsp3) is 0.222. The number of carboxylic acid groups (broad SMARTS) is 1. The molecule has 1 aromatic rings. The highest BCUT2D eigenvalue weighted by Crippen LogP contribution is 2.34. The van der Waals surface area contributed by atoms with Crippen molar-refractivity contribution in [2.24, 2.45) is 0 Å². The highest BCUT2D eigenvalue weighted by molar-refractivity contribution is 8.00. The van der Waals surface area contributed by atoms with Gasteiger partial charge < -0.3 is 10.4 Å². The lowest BCUT2D eigenvalue weighted by Gasteiger charge is -2.22. The molecule has 4 heteroatoms. The summed E-state index contributed by atoms with van der Waals surface area (Å²) in [7, 11) is 0. The first-order valence-electron chi connectivity index (χ1n) is 4.00. The van der Waals surface area contributed by atoms with E-state index in [9.17, 15) is 4.79 Å². The van der Waals surface area contributed by atoms with Crippen molar-refractivity contribution >= 4 is 23.4 Å². The average molecular weight is 195 g/mol. The lowest BCUT2D eigenvalue weighted by Crippen LogP contribution is -2.28. The summed E-state index contributed by atoms with van der Waals surface area (Å²) >= 11 is 1.40. The number of carboxylic acids is 1. The Morgan fingerprint density at radius 3 is 3.08 bits per heavy atom. The van der Waals surface area contributed by atoms with E-state index in [1.165, 1.54) is 11.8 Å². The first-order valence-corrected chi connectivity index (χ1v) is 4.88. The zero-order valence-corrected chi connectivity index (χ0v) is 7.67. The molecule has 0 aromatic heterocycles. The predicted octanol–water partition coefficient (Wildman–Crippen LogP) is 1.66. The lowest BCUT2D eigenvalue weighted by atomic mass is 10.3. The van der Waals surface area contributed by atoms with Gasteiger partial charge in [-0.05, 0) is 12.1 Å². The number of anilines is 1. The molecule has 3 nitrogen and oxygen atoms in total. The van der Waals surface area contributed by atoms with Crippen molar-refractivity contribution < 1.29 is 9.90 Å². The fourth-order valence-electron chi connectivity index (χ4n) is 1.25. The molecule has 1 aromatic carbocycles. The van der Waals surface area contributed by atoms with E-state index in [0.717, 1.165) is 10.6 Å². The third kappa shape index (κ3) is 1.62. The van der Waals surface area contributed by atoms with E-state index < -0.39 is 5.97 Å². The minimum atomic E-state index is -0.757. The van der Waals surface area contributed by atoms with Gasteiger partial charge in [-0.3, -0.25) is 4.79 Å². The van der Waals surface area contributed by atoms with E-state index in [4.69, 9.17) is 5.11 Å². The monoisotopic (exact) mass is 195 g/mol. The molecule has 0 fully saturated rings. The zero-order valence-electron chi connectivity index (χ0n) is 6.86. The summed E-state index contributed by atoms with van der Waals surface area (Å²) in [6.07, 6.45) is 0. The summed E-state index contributed by atoms with van der Waals surface area (Å²) in [5, 5.41) is 11.5. The van der Waals surface area contributed by atoms with E-state index in [-0.39, 0.29) is 5.25 Å². The standard InChI is InChI=1S/C9H9NO2S/c11-9(12)8-5-10-6-3-1-2-4-7(6)13-8/h1-4,8,10H,5H2,(H,11,12)/t8-/m1/s1. The third-order valence-electron chi connectivity index (χ3n) is 1.91. The average Bonchev–Trinajstić information content (AvgIpc) is 2.17. The van der Waals surface area contributed by atoms with Crippen molar-refractivity contribution in [2.75, 3.05) is 11.9 Å². The molecule has 0 amide bonds. The van der Waals surface area contributed by atoms with Crippen LogP contribution in [0.1, 0.15) is 0 Å². The van der Waals surface area contributed by atoms with Crippen LogP contribution in [0.5, 0.6) is 0 Å². The molecule has 1 atom stereocenters. The van der Waals surface area contributed by atoms with Crippen LogP contribution < -0.4 is 5.32 Å². The van der Waals surface area contributed by atoms with Gasteiger partial charge in [-0.25, -0.2) is 0 Å². The van der Waals surface area contributed by atoms with Crippen LogP contribution in [-0.4, -0.2) is 22.9 Å². The molecule has 1 heterocycles. The SMILES string of the molecule is O=C(O)[C@H]1CNc2ccccc2S1. The second-order valence-electron chi connectivity index (χ2n) is 2.82. The van der Waals surface area contributed by atoms with Gasteiger partial charge in [0, 0.05) is 17.1 Å². The molecule has 0 saturated heterocycles. The van der Waals surface area contributed by atoms with Crippen molar-refractivity contribution in [3.8, 4) is 0 Å². The van der Waals surface area contributed by atoms with Crippen molar-refractivity contribution in [3.05, 3.63) is 24.3 Å². The van der Waals surface area contributed by atoms with Crippen LogP contribution in [0.25, 0.3) is 0 Å². The van der Waals surface area contributed by atoms with Crippen molar-refractivity contribution in [1.29, 1.82) is 0 Å². The molecule has 2 rings (SSSR count). The van der Waals surface area contributed by atoms with Gasteiger partial charge in [0.2, 0.25) is 0 Å². The smallest absolute Gasteiger partial charge is 0.318 e. The molecule has 0 bridgehead atoms. The maximum Gasteiger partial charge on any atom is 0.318 e. The van der Waals surface area contributed by atoms with Gasteiger partial charge in [0.15, 0.2) is 0 Å². The maximum atomic E-state index is 10.7. The quantitative estimate of drug-likeness (QED) is 0.715. The molecular weight excluding hydrogens is 186 g/mol. The van der Waals surface area contributed by atoms with Crippen LogP contribution in [-0.2, 0) is 4.79 Å². The molecule has 0 aliphatic carbocycles. The Kier molecular flexibility index (Phi) is 2.14. The number of nitrogens with one attached hydrogen (secondary N) is 1. The second-order valence-corrected chi connectivity index (χ2v) is 4.07. The van der Waals surface area contributed by atoms with E-state index in [0.29, 0.717) is 6.54 Å².